The van der Waals surface area contributed by atoms with Gasteiger partial charge < -0.3 is 10.1 Å². The molecule has 6 nitrogen and oxygen atoms in total. The third-order valence-electron chi connectivity index (χ3n) is 3.57. The molecule has 0 bridgehead atoms. The second-order valence-corrected chi connectivity index (χ2v) is 6.61. The van der Waals surface area contributed by atoms with Crippen molar-refractivity contribution in [1.29, 1.82) is 0 Å². The van der Waals surface area contributed by atoms with E-state index < -0.39 is 18.0 Å². The summed E-state index contributed by atoms with van der Waals surface area (Å²) >= 11 is 1.32. The number of hydrogen-bond acceptors (Lipinski definition) is 6. The van der Waals surface area contributed by atoms with Crippen LogP contribution in [-0.4, -0.2) is 29.5 Å². The summed E-state index contributed by atoms with van der Waals surface area (Å²) in [5.74, 6) is -1.37. The number of hydrogen-bond donors (Lipinski definition) is 1. The minimum atomic E-state index is -1.01. The van der Waals surface area contributed by atoms with E-state index in [2.05, 4.69) is 5.32 Å². The summed E-state index contributed by atoms with van der Waals surface area (Å²) in [5.41, 5.74) is 0.915. The van der Waals surface area contributed by atoms with Crippen molar-refractivity contribution in [2.75, 3.05) is 5.32 Å². The van der Waals surface area contributed by atoms with Gasteiger partial charge in [0, 0.05) is 17.7 Å². The lowest BCUT2D eigenvalue weighted by atomic mass is 10.1. The van der Waals surface area contributed by atoms with Gasteiger partial charge in [-0.25, -0.2) is 0 Å². The molecule has 0 fully saturated rings. The van der Waals surface area contributed by atoms with Crippen molar-refractivity contribution in [1.82, 2.24) is 0 Å². The molecule has 0 unspecified atom stereocenters. The number of carbonyl (C=O) groups excluding carboxylic acids is 4. The van der Waals surface area contributed by atoms with Crippen molar-refractivity contribution < 1.29 is 23.9 Å². The zero-order chi connectivity index (χ0) is 19.1. The Balaban J connectivity index is 1.82. The maximum atomic E-state index is 12.1. The molecule has 2 rings (SSSR count). The third kappa shape index (κ3) is 5.63. The number of ketones is 2. The molecule has 0 aliphatic rings. The highest BCUT2D eigenvalue weighted by Gasteiger charge is 2.19. The lowest BCUT2D eigenvalue weighted by Gasteiger charge is -2.13. The summed E-state index contributed by atoms with van der Waals surface area (Å²) in [4.78, 5) is 47.8. The minimum Gasteiger partial charge on any atom is -0.453 e. The van der Waals surface area contributed by atoms with Gasteiger partial charge in [0.1, 0.15) is 0 Å². The molecule has 1 amide bonds. The lowest BCUT2D eigenvalue weighted by molar-refractivity contribution is -0.153. The van der Waals surface area contributed by atoms with E-state index in [4.69, 9.17) is 4.74 Å². The van der Waals surface area contributed by atoms with E-state index in [1.165, 1.54) is 25.2 Å². The van der Waals surface area contributed by atoms with Crippen LogP contribution in [0.3, 0.4) is 0 Å². The van der Waals surface area contributed by atoms with Gasteiger partial charge in [-0.05, 0) is 37.4 Å². The second-order valence-electron chi connectivity index (χ2n) is 5.66. The van der Waals surface area contributed by atoms with Crippen molar-refractivity contribution in [3.05, 3.63) is 52.2 Å². The van der Waals surface area contributed by atoms with E-state index >= 15 is 0 Å². The summed E-state index contributed by atoms with van der Waals surface area (Å²) in [6, 6.07) is 9.95. The van der Waals surface area contributed by atoms with Gasteiger partial charge in [-0.3, -0.25) is 19.2 Å². The Morgan fingerprint density at radius 3 is 2.54 bits per heavy atom. The Kier molecular flexibility index (Phi) is 6.80. The van der Waals surface area contributed by atoms with Crippen LogP contribution < -0.4 is 5.32 Å². The Morgan fingerprint density at radius 2 is 1.88 bits per heavy atom. The number of ether oxygens (including phenoxy) is 1. The van der Waals surface area contributed by atoms with Crippen LogP contribution >= 0.6 is 11.3 Å². The summed E-state index contributed by atoms with van der Waals surface area (Å²) in [6.45, 7) is 2.88. The zero-order valence-corrected chi connectivity index (χ0v) is 15.3. The topological polar surface area (TPSA) is 89.5 Å². The van der Waals surface area contributed by atoms with Gasteiger partial charge in [0.15, 0.2) is 17.7 Å². The predicted molar refractivity (Wildman–Crippen MR) is 98.5 cm³/mol. The van der Waals surface area contributed by atoms with Crippen molar-refractivity contribution in [3.8, 4) is 0 Å². The highest BCUT2D eigenvalue weighted by molar-refractivity contribution is 7.12. The number of thiophene rings is 1. The van der Waals surface area contributed by atoms with E-state index in [0.717, 1.165) is 0 Å². The predicted octanol–water partition coefficient (Wildman–Crippen LogP) is 3.48. The van der Waals surface area contributed by atoms with E-state index in [1.807, 2.05) is 0 Å². The molecule has 1 aromatic carbocycles. The smallest absolute Gasteiger partial charge is 0.307 e. The van der Waals surface area contributed by atoms with E-state index in [9.17, 15) is 19.2 Å². The lowest BCUT2D eigenvalue weighted by Crippen LogP contribution is -2.30. The number of nitrogens with one attached hydrogen (secondary N) is 1. The molecule has 26 heavy (non-hydrogen) atoms. The molecular weight excluding hydrogens is 354 g/mol. The molecule has 2 aromatic rings. The van der Waals surface area contributed by atoms with Gasteiger partial charge in [-0.15, -0.1) is 11.3 Å². The molecule has 1 N–H and O–H groups in total. The number of esters is 1. The van der Waals surface area contributed by atoms with Crippen LogP contribution in [0.4, 0.5) is 5.69 Å². The van der Waals surface area contributed by atoms with Gasteiger partial charge in [-0.1, -0.05) is 18.2 Å². The number of anilines is 1. The average Bonchev–Trinajstić information content (AvgIpc) is 3.14. The monoisotopic (exact) mass is 373 g/mol. The first-order valence-corrected chi connectivity index (χ1v) is 8.93. The van der Waals surface area contributed by atoms with Crippen LogP contribution in [0.25, 0.3) is 0 Å². The summed E-state index contributed by atoms with van der Waals surface area (Å²) in [5, 5.41) is 4.39. The Morgan fingerprint density at radius 1 is 1.12 bits per heavy atom. The van der Waals surface area contributed by atoms with Crippen LogP contribution in [0.15, 0.2) is 41.8 Å². The first-order valence-electron chi connectivity index (χ1n) is 8.05. The molecule has 0 aliphatic heterocycles. The standard InChI is InChI=1S/C19H19NO5S/c1-12(21)14-5-3-6-15(11-14)20-19(24)13(2)25-18(23)9-8-16(22)17-7-4-10-26-17/h3-7,10-11,13H,8-9H2,1-2H3,(H,20,24)/t13-/m0/s1. The van der Waals surface area contributed by atoms with Crippen molar-refractivity contribution >= 4 is 40.5 Å². The fourth-order valence-corrected chi connectivity index (χ4v) is 2.84. The summed E-state index contributed by atoms with van der Waals surface area (Å²) in [7, 11) is 0. The van der Waals surface area contributed by atoms with Crippen LogP contribution in [0.1, 0.15) is 46.7 Å². The molecular formula is C19H19NO5S. The van der Waals surface area contributed by atoms with Crippen molar-refractivity contribution in [3.63, 3.8) is 0 Å². The normalized spacial score (nSPS) is 11.5. The van der Waals surface area contributed by atoms with E-state index in [-0.39, 0.29) is 24.4 Å². The first-order chi connectivity index (χ1) is 12.4. The molecule has 0 aliphatic carbocycles. The van der Waals surface area contributed by atoms with Gasteiger partial charge >= 0.3 is 5.97 Å². The number of benzene rings is 1. The summed E-state index contributed by atoms with van der Waals surface area (Å²) in [6.07, 6.45) is -1.07. The SMILES string of the molecule is CC(=O)c1cccc(NC(=O)[C@H](C)OC(=O)CCC(=O)c2cccs2)c1. The number of Topliss-reactive ketones (excluding diaryl/α,β-unsaturated/α-hetero) is 2. The zero-order valence-electron chi connectivity index (χ0n) is 14.5. The van der Waals surface area contributed by atoms with Crippen molar-refractivity contribution in [2.24, 2.45) is 0 Å². The first kappa shape index (κ1) is 19.5. The van der Waals surface area contributed by atoms with Crippen LogP contribution in [0.2, 0.25) is 0 Å². The Bertz CT molecular complexity index is 813. The summed E-state index contributed by atoms with van der Waals surface area (Å²) < 4.78 is 5.06. The van der Waals surface area contributed by atoms with Crippen LogP contribution in [0, 0.1) is 0 Å². The highest BCUT2D eigenvalue weighted by atomic mass is 32.1. The molecule has 0 saturated carbocycles. The minimum absolute atomic E-state index is 0.0361. The molecule has 7 heteroatoms. The van der Waals surface area contributed by atoms with Gasteiger partial charge in [0.2, 0.25) is 0 Å². The molecule has 0 saturated heterocycles. The van der Waals surface area contributed by atoms with E-state index in [1.54, 1.807) is 41.8 Å². The molecule has 1 atom stereocenters. The van der Waals surface area contributed by atoms with Gasteiger partial charge in [0.25, 0.3) is 5.91 Å². The Labute approximate surface area is 155 Å². The van der Waals surface area contributed by atoms with Gasteiger partial charge in [-0.2, -0.15) is 0 Å². The molecule has 0 radical (unpaired) electrons. The number of amides is 1. The average molecular weight is 373 g/mol. The fraction of sp³-hybridized carbons (Fsp3) is 0.263. The molecule has 136 valence electrons. The van der Waals surface area contributed by atoms with Gasteiger partial charge in [0.05, 0.1) is 11.3 Å². The second kappa shape index (κ2) is 9.05. The maximum absolute atomic E-state index is 12.1. The van der Waals surface area contributed by atoms with Crippen LogP contribution in [0.5, 0.6) is 0 Å². The molecule has 1 aromatic heterocycles. The molecule has 0 spiro atoms. The maximum Gasteiger partial charge on any atom is 0.307 e. The van der Waals surface area contributed by atoms with E-state index in [0.29, 0.717) is 16.1 Å². The third-order valence-corrected chi connectivity index (χ3v) is 4.48. The fourth-order valence-electron chi connectivity index (χ4n) is 2.15. The number of rotatable bonds is 8. The largest absolute Gasteiger partial charge is 0.453 e. The molecule has 1 heterocycles. The van der Waals surface area contributed by atoms with Crippen molar-refractivity contribution in [2.45, 2.75) is 32.8 Å². The Hall–Kier alpha value is -2.80. The van der Waals surface area contributed by atoms with Crippen LogP contribution in [-0.2, 0) is 14.3 Å². The number of carbonyl (C=O) groups is 4. The quantitative estimate of drug-likeness (QED) is 0.565. The highest BCUT2D eigenvalue weighted by Crippen LogP contribution is 2.14.